The number of phosphoric ester groups is 1. The Morgan fingerprint density at radius 1 is 0.613 bits per heavy atom. The van der Waals surface area contributed by atoms with Gasteiger partial charge in [-0.25, -0.2) is 0 Å². The number of rotatable bonds is 41. The molecule has 0 rings (SSSR count). The molecule has 0 saturated carbocycles. The van der Waals surface area contributed by atoms with Crippen LogP contribution in [0.4, 0.5) is 0 Å². The molecule has 0 aliphatic carbocycles. The van der Waals surface area contributed by atoms with Crippen LogP contribution in [0.2, 0.25) is 0 Å². The first-order valence-electron chi connectivity index (χ1n) is 23.6. The van der Waals surface area contributed by atoms with E-state index in [2.05, 4.69) is 86.8 Å². The third-order valence-corrected chi connectivity index (χ3v) is 10.4. The highest BCUT2D eigenvalue weighted by molar-refractivity contribution is 7.45. The largest absolute Gasteiger partial charge is 0.756 e. The molecule has 0 bridgehead atoms. The highest BCUT2D eigenvalue weighted by Gasteiger charge is 2.22. The van der Waals surface area contributed by atoms with Crippen LogP contribution in [-0.4, -0.2) is 81.2 Å². The number of phosphoric acid groups is 1. The number of hydrogen-bond donors (Lipinski definition) is 1. The molecule has 354 valence electrons. The van der Waals surface area contributed by atoms with E-state index in [0.29, 0.717) is 30.3 Å². The van der Waals surface area contributed by atoms with Gasteiger partial charge in [0.2, 0.25) is 0 Å². The third-order valence-electron chi connectivity index (χ3n) is 9.44. The topological polar surface area (TPSA) is 131 Å². The fraction of sp³-hybridized carbons (Fsp3) is 0.647. The molecule has 0 aliphatic heterocycles. The van der Waals surface area contributed by atoms with Crippen molar-refractivity contribution in [1.29, 1.82) is 0 Å². The zero-order valence-electron chi connectivity index (χ0n) is 39.4. The second-order valence-electron chi connectivity index (χ2n) is 16.6. The lowest BCUT2D eigenvalue weighted by Crippen LogP contribution is -2.37. The summed E-state index contributed by atoms with van der Waals surface area (Å²) in [6.45, 7) is 3.83. The molecule has 0 aromatic carbocycles. The number of hydrogen-bond acceptors (Lipinski definition) is 9. The van der Waals surface area contributed by atoms with Crippen molar-refractivity contribution in [1.82, 2.24) is 0 Å². The Morgan fingerprint density at radius 3 is 1.71 bits per heavy atom. The summed E-state index contributed by atoms with van der Waals surface area (Å²) in [5, 5.41) is 10.3. The maximum atomic E-state index is 12.7. The Bertz CT molecular complexity index is 1390. The normalized spacial score (nSPS) is 14.9. The first kappa shape index (κ1) is 58.9. The summed E-state index contributed by atoms with van der Waals surface area (Å²) in [5.41, 5.74) is 0. The molecule has 0 spiro atoms. The number of esters is 2. The van der Waals surface area contributed by atoms with Crippen LogP contribution in [0, 0.1) is 0 Å². The van der Waals surface area contributed by atoms with Crippen molar-refractivity contribution in [2.75, 3.05) is 47.5 Å². The molecule has 11 heteroatoms. The molecule has 0 heterocycles. The first-order chi connectivity index (χ1) is 29.9. The van der Waals surface area contributed by atoms with Crippen LogP contribution in [0.5, 0.6) is 0 Å². The molecule has 0 fully saturated rings. The quantitative estimate of drug-likeness (QED) is 0.0159. The van der Waals surface area contributed by atoms with Gasteiger partial charge in [0.25, 0.3) is 7.82 Å². The van der Waals surface area contributed by atoms with Crippen molar-refractivity contribution in [2.24, 2.45) is 0 Å². The standard InChI is InChI=1S/C51H86NO9P/c1-6-8-10-12-14-16-18-20-21-22-23-24-25-26-28-30-32-34-36-38-42-50(54)58-46-49(47-60-62(56,57)59-45-44-52(3,4)5)61-51(55)43-39-41-48(53)40-37-35-33-31-29-27-19-17-15-13-11-9-7-2/h9,11,15-18,21-22,24-25,27,29,33,35,37,40,48-49,53H,6-8,10,12-14,19-20,23,26,28,30-32,34,36,38-39,41-47H2,1-5H3/b11-9-,17-15-,18-16-,22-21-,25-24-,29-27-,35-33-,40-37+/t48?,49-/m1/s1. The van der Waals surface area contributed by atoms with Crippen LogP contribution in [0.1, 0.15) is 155 Å². The van der Waals surface area contributed by atoms with E-state index in [0.717, 1.165) is 77.0 Å². The highest BCUT2D eigenvalue weighted by Crippen LogP contribution is 2.38. The number of nitrogens with zero attached hydrogens (tertiary/aromatic N) is 1. The van der Waals surface area contributed by atoms with Crippen molar-refractivity contribution in [3.8, 4) is 0 Å². The zero-order chi connectivity index (χ0) is 45.8. The average Bonchev–Trinajstić information content (AvgIpc) is 3.22. The van der Waals surface area contributed by atoms with Crippen LogP contribution >= 0.6 is 7.82 Å². The van der Waals surface area contributed by atoms with Gasteiger partial charge < -0.3 is 33.0 Å². The maximum absolute atomic E-state index is 12.7. The van der Waals surface area contributed by atoms with E-state index in [1.165, 1.54) is 32.1 Å². The van der Waals surface area contributed by atoms with Gasteiger partial charge in [0.15, 0.2) is 6.10 Å². The summed E-state index contributed by atoms with van der Waals surface area (Å²) < 4.78 is 33.8. The van der Waals surface area contributed by atoms with Gasteiger partial charge in [0, 0.05) is 12.8 Å². The molecule has 0 radical (unpaired) electrons. The molecule has 0 saturated heterocycles. The third kappa shape index (κ3) is 44.9. The summed E-state index contributed by atoms with van der Waals surface area (Å²) >= 11 is 0. The van der Waals surface area contributed by atoms with Crippen molar-refractivity contribution in [2.45, 2.75) is 167 Å². The lowest BCUT2D eigenvalue weighted by molar-refractivity contribution is -0.870. The minimum Gasteiger partial charge on any atom is -0.756 e. The minimum atomic E-state index is -4.69. The van der Waals surface area contributed by atoms with Crippen LogP contribution < -0.4 is 4.89 Å². The molecular weight excluding hydrogens is 802 g/mol. The van der Waals surface area contributed by atoms with Gasteiger partial charge in [-0.05, 0) is 83.5 Å². The van der Waals surface area contributed by atoms with E-state index in [4.69, 9.17) is 18.5 Å². The van der Waals surface area contributed by atoms with Gasteiger partial charge in [-0.3, -0.25) is 14.2 Å². The number of unbranched alkanes of at least 4 members (excludes halogenated alkanes) is 10. The van der Waals surface area contributed by atoms with E-state index in [9.17, 15) is 24.2 Å². The zero-order valence-corrected chi connectivity index (χ0v) is 40.3. The van der Waals surface area contributed by atoms with Crippen molar-refractivity contribution in [3.63, 3.8) is 0 Å². The predicted octanol–water partition coefficient (Wildman–Crippen LogP) is 12.1. The molecule has 10 nitrogen and oxygen atoms in total. The summed E-state index contributed by atoms with van der Waals surface area (Å²) in [4.78, 5) is 37.6. The highest BCUT2D eigenvalue weighted by atomic mass is 31.2. The number of carbonyl (C=O) groups is 2. The van der Waals surface area contributed by atoms with E-state index in [1.807, 2.05) is 33.3 Å². The molecule has 1 N–H and O–H groups in total. The van der Waals surface area contributed by atoms with Gasteiger partial charge >= 0.3 is 11.9 Å². The second kappa shape index (κ2) is 41.9. The monoisotopic (exact) mass is 888 g/mol. The molecule has 0 amide bonds. The van der Waals surface area contributed by atoms with Crippen molar-refractivity contribution < 1.29 is 47.2 Å². The number of ether oxygens (including phenoxy) is 2. The Morgan fingerprint density at radius 2 is 1.13 bits per heavy atom. The molecule has 2 unspecified atom stereocenters. The summed E-state index contributed by atoms with van der Waals surface area (Å²) in [6, 6.07) is 0. The summed E-state index contributed by atoms with van der Waals surface area (Å²) in [5.74, 6) is -1.06. The lowest BCUT2D eigenvalue weighted by Gasteiger charge is -2.28. The molecule has 62 heavy (non-hydrogen) atoms. The number of carbonyl (C=O) groups excluding carboxylic acids is 2. The van der Waals surface area contributed by atoms with E-state index >= 15 is 0 Å². The molecule has 3 atom stereocenters. The van der Waals surface area contributed by atoms with Crippen LogP contribution in [0.25, 0.3) is 0 Å². The maximum Gasteiger partial charge on any atom is 0.306 e. The SMILES string of the molecule is CC/C=C\C/C=C\C/C=C\C/C=C\C=C\C(O)CCCC(=O)O[C@H](COC(=O)CCCCCCCC/C=C\C/C=C\C/C=C\CCCCCC)COP(=O)([O-])OCC[N+](C)(C)C. The Labute approximate surface area is 377 Å². The predicted molar refractivity (Wildman–Crippen MR) is 255 cm³/mol. The van der Waals surface area contributed by atoms with Crippen LogP contribution in [0.3, 0.4) is 0 Å². The van der Waals surface area contributed by atoms with Crippen molar-refractivity contribution >= 4 is 19.8 Å². The fourth-order valence-electron chi connectivity index (χ4n) is 5.75. The van der Waals surface area contributed by atoms with Crippen molar-refractivity contribution in [3.05, 3.63) is 97.2 Å². The number of likely N-dealkylation sites (N-methyl/N-ethyl adjacent to an activating group) is 1. The van der Waals surface area contributed by atoms with Gasteiger partial charge in [-0.15, -0.1) is 0 Å². The van der Waals surface area contributed by atoms with Gasteiger partial charge in [-0.2, -0.15) is 0 Å². The van der Waals surface area contributed by atoms with E-state index < -0.39 is 38.6 Å². The summed E-state index contributed by atoms with van der Waals surface area (Å²) in [7, 11) is 1.02. The molecular formula is C51H86NO9P. The Hall–Kier alpha value is -3.11. The minimum absolute atomic E-state index is 0.0145. The number of aliphatic hydroxyl groups excluding tert-OH is 1. The van der Waals surface area contributed by atoms with Gasteiger partial charge in [0.05, 0.1) is 33.9 Å². The number of allylic oxidation sites excluding steroid dienone is 15. The Balaban J connectivity index is 4.54. The number of aliphatic hydroxyl groups is 1. The second-order valence-corrected chi connectivity index (χ2v) is 18.0. The molecule has 0 aromatic rings. The number of quaternary nitrogens is 1. The average molecular weight is 888 g/mol. The fourth-order valence-corrected chi connectivity index (χ4v) is 6.48. The molecule has 0 aliphatic rings. The molecule has 0 aromatic heterocycles. The summed E-state index contributed by atoms with van der Waals surface area (Å²) in [6.07, 6.45) is 51.8. The van der Waals surface area contributed by atoms with Gasteiger partial charge in [0.1, 0.15) is 19.8 Å². The van der Waals surface area contributed by atoms with E-state index in [-0.39, 0.29) is 26.1 Å². The van der Waals surface area contributed by atoms with Crippen LogP contribution in [-0.2, 0) is 32.7 Å². The smallest absolute Gasteiger partial charge is 0.306 e. The first-order valence-corrected chi connectivity index (χ1v) is 25.0. The van der Waals surface area contributed by atoms with Crippen LogP contribution in [0.15, 0.2) is 97.2 Å². The Kier molecular flexibility index (Phi) is 39.8. The van der Waals surface area contributed by atoms with Gasteiger partial charge in [-0.1, -0.05) is 156 Å². The van der Waals surface area contributed by atoms with E-state index in [1.54, 1.807) is 12.2 Å². The lowest BCUT2D eigenvalue weighted by atomic mass is 10.1.